The van der Waals surface area contributed by atoms with Gasteiger partial charge in [-0.1, -0.05) is 30.3 Å². The molecule has 7 heteroatoms. The Labute approximate surface area is 178 Å². The van der Waals surface area contributed by atoms with E-state index >= 15 is 0 Å². The number of aromatic nitrogens is 1. The fourth-order valence-electron chi connectivity index (χ4n) is 3.62. The first-order valence-electron chi connectivity index (χ1n) is 10.2. The second-order valence-electron chi connectivity index (χ2n) is 7.56. The number of aryl methyl sites for hydroxylation is 2. The molecule has 0 aliphatic rings. The van der Waals surface area contributed by atoms with Crippen LogP contribution in [0.5, 0.6) is 0 Å². The lowest BCUT2D eigenvalue weighted by Crippen LogP contribution is -2.38. The first kappa shape index (κ1) is 21.9. The van der Waals surface area contributed by atoms with E-state index in [4.69, 9.17) is 0 Å². The molecule has 0 aliphatic heterocycles. The Morgan fingerprint density at radius 2 is 1.90 bits per heavy atom. The molecule has 0 unspecified atom stereocenters. The maximum atomic E-state index is 11.8. The Balaban J connectivity index is 1.64. The van der Waals surface area contributed by atoms with Gasteiger partial charge in [0.2, 0.25) is 0 Å². The third-order valence-corrected chi connectivity index (χ3v) is 6.36. The molecule has 0 spiro atoms. The molecular formula is C23H30N4O2S. The van der Waals surface area contributed by atoms with Crippen molar-refractivity contribution >= 4 is 26.7 Å². The number of fused-ring (bicyclic) bond motifs is 1. The van der Waals surface area contributed by atoms with Gasteiger partial charge in [0.15, 0.2) is 15.8 Å². The molecular weight excluding hydrogens is 396 g/mol. The Morgan fingerprint density at radius 1 is 1.10 bits per heavy atom. The van der Waals surface area contributed by atoms with Gasteiger partial charge < -0.3 is 15.6 Å². The van der Waals surface area contributed by atoms with Crippen molar-refractivity contribution in [3.8, 4) is 0 Å². The monoisotopic (exact) mass is 426 g/mol. The van der Waals surface area contributed by atoms with Crippen molar-refractivity contribution in [1.82, 2.24) is 15.6 Å². The molecule has 0 atom stereocenters. The highest BCUT2D eigenvalue weighted by atomic mass is 32.2. The summed E-state index contributed by atoms with van der Waals surface area (Å²) in [5.74, 6) is 0.748. The SMILES string of the molecule is CCNC(=NCc1ccc(S(C)(=O)=O)c(C)c1)NCCc1c[nH]c2c(C)cccc12. The Kier molecular flexibility index (Phi) is 6.82. The zero-order chi connectivity index (χ0) is 21.7. The Bertz CT molecular complexity index is 1160. The van der Waals surface area contributed by atoms with Crippen LogP contribution in [0.15, 0.2) is 52.5 Å². The van der Waals surface area contributed by atoms with Gasteiger partial charge in [-0.15, -0.1) is 0 Å². The van der Waals surface area contributed by atoms with E-state index in [1.165, 1.54) is 28.3 Å². The molecule has 0 fully saturated rings. The van der Waals surface area contributed by atoms with Gasteiger partial charge in [0.05, 0.1) is 11.4 Å². The highest BCUT2D eigenvalue weighted by molar-refractivity contribution is 7.90. The predicted octanol–water partition coefficient (Wildman–Crippen LogP) is 3.49. The first-order valence-corrected chi connectivity index (χ1v) is 12.1. The summed E-state index contributed by atoms with van der Waals surface area (Å²) in [5, 5.41) is 7.92. The molecule has 3 N–H and O–H groups in total. The van der Waals surface area contributed by atoms with E-state index in [2.05, 4.69) is 51.9 Å². The van der Waals surface area contributed by atoms with E-state index in [9.17, 15) is 8.42 Å². The molecule has 3 rings (SSSR count). The summed E-state index contributed by atoms with van der Waals surface area (Å²) in [4.78, 5) is 8.39. The third-order valence-electron chi connectivity index (χ3n) is 5.10. The number of sulfone groups is 1. The molecule has 30 heavy (non-hydrogen) atoms. The number of aliphatic imine (C=N–C) groups is 1. The number of para-hydroxylation sites is 1. The van der Waals surface area contributed by atoms with Crippen molar-refractivity contribution in [2.45, 2.75) is 38.6 Å². The lowest BCUT2D eigenvalue weighted by atomic mass is 10.1. The van der Waals surface area contributed by atoms with Gasteiger partial charge in [0, 0.05) is 36.4 Å². The predicted molar refractivity (Wildman–Crippen MR) is 124 cm³/mol. The van der Waals surface area contributed by atoms with Crippen LogP contribution in [0.2, 0.25) is 0 Å². The number of nitrogens with zero attached hydrogens (tertiary/aromatic N) is 1. The number of benzene rings is 2. The standard InChI is InChI=1S/C23H30N4O2S/c1-5-24-23(27-14-18-9-10-21(17(3)13-18)30(4,28)29)25-12-11-19-15-26-22-16(2)7-6-8-20(19)22/h6-10,13,15,26H,5,11-12,14H2,1-4H3,(H2,24,25,27). The fourth-order valence-corrected chi connectivity index (χ4v) is 4.58. The highest BCUT2D eigenvalue weighted by Gasteiger charge is 2.11. The Morgan fingerprint density at radius 3 is 2.60 bits per heavy atom. The third kappa shape index (κ3) is 5.21. The molecule has 0 saturated carbocycles. The topological polar surface area (TPSA) is 86.3 Å². The van der Waals surface area contributed by atoms with Crippen LogP contribution < -0.4 is 10.6 Å². The molecule has 3 aromatic rings. The van der Waals surface area contributed by atoms with Crippen LogP contribution in [-0.2, 0) is 22.8 Å². The van der Waals surface area contributed by atoms with Crippen LogP contribution in [0.4, 0.5) is 0 Å². The zero-order valence-electron chi connectivity index (χ0n) is 18.0. The second-order valence-corrected chi connectivity index (χ2v) is 9.54. The summed E-state index contributed by atoms with van der Waals surface area (Å²) >= 11 is 0. The van der Waals surface area contributed by atoms with E-state index in [1.54, 1.807) is 6.07 Å². The summed E-state index contributed by atoms with van der Waals surface area (Å²) in [6.45, 7) is 7.97. The zero-order valence-corrected chi connectivity index (χ0v) is 18.9. The second kappa shape index (κ2) is 9.34. The molecule has 160 valence electrons. The summed E-state index contributed by atoms with van der Waals surface area (Å²) < 4.78 is 23.6. The minimum Gasteiger partial charge on any atom is -0.361 e. The van der Waals surface area contributed by atoms with Gasteiger partial charge in [0.25, 0.3) is 0 Å². The average Bonchev–Trinajstić information content (AvgIpc) is 3.09. The van der Waals surface area contributed by atoms with Gasteiger partial charge in [-0.25, -0.2) is 13.4 Å². The summed E-state index contributed by atoms with van der Waals surface area (Å²) in [6, 6.07) is 11.7. The van der Waals surface area contributed by atoms with Crippen molar-refractivity contribution in [1.29, 1.82) is 0 Å². The number of nitrogens with one attached hydrogen (secondary N) is 3. The number of H-pyrrole nitrogens is 1. The van der Waals surface area contributed by atoms with Crippen LogP contribution in [0, 0.1) is 13.8 Å². The Hall–Kier alpha value is -2.80. The van der Waals surface area contributed by atoms with Gasteiger partial charge in [0.1, 0.15) is 0 Å². The van der Waals surface area contributed by atoms with E-state index in [0.717, 1.165) is 36.6 Å². The molecule has 0 bridgehead atoms. The number of hydrogen-bond acceptors (Lipinski definition) is 3. The molecule has 0 saturated heterocycles. The maximum Gasteiger partial charge on any atom is 0.191 e. The van der Waals surface area contributed by atoms with Gasteiger partial charge in [-0.3, -0.25) is 0 Å². The fraction of sp³-hybridized carbons (Fsp3) is 0.348. The number of hydrogen-bond donors (Lipinski definition) is 3. The van der Waals surface area contributed by atoms with Crippen LogP contribution in [0.25, 0.3) is 10.9 Å². The molecule has 2 aromatic carbocycles. The molecule has 0 amide bonds. The van der Waals surface area contributed by atoms with E-state index in [-0.39, 0.29) is 0 Å². The van der Waals surface area contributed by atoms with E-state index < -0.39 is 9.84 Å². The summed E-state index contributed by atoms with van der Waals surface area (Å²) in [6.07, 6.45) is 4.20. The van der Waals surface area contributed by atoms with Crippen molar-refractivity contribution in [2.75, 3.05) is 19.3 Å². The minimum absolute atomic E-state index is 0.370. The summed E-state index contributed by atoms with van der Waals surface area (Å²) in [5.41, 5.74) is 5.45. The molecule has 1 aromatic heterocycles. The lowest BCUT2D eigenvalue weighted by molar-refractivity contribution is 0.601. The molecule has 6 nitrogen and oxygen atoms in total. The smallest absolute Gasteiger partial charge is 0.191 e. The highest BCUT2D eigenvalue weighted by Crippen LogP contribution is 2.21. The van der Waals surface area contributed by atoms with Crippen LogP contribution in [0.3, 0.4) is 0 Å². The molecule has 0 radical (unpaired) electrons. The average molecular weight is 427 g/mol. The van der Waals surface area contributed by atoms with Crippen LogP contribution in [-0.4, -0.2) is 38.7 Å². The molecule has 1 heterocycles. The van der Waals surface area contributed by atoms with Crippen molar-refractivity contribution in [3.63, 3.8) is 0 Å². The van der Waals surface area contributed by atoms with Gasteiger partial charge in [-0.2, -0.15) is 0 Å². The number of guanidine groups is 1. The van der Waals surface area contributed by atoms with Gasteiger partial charge in [-0.05, 0) is 55.5 Å². The van der Waals surface area contributed by atoms with Gasteiger partial charge >= 0.3 is 0 Å². The molecule has 0 aliphatic carbocycles. The number of aromatic amines is 1. The quantitative estimate of drug-likeness (QED) is 0.399. The summed E-state index contributed by atoms with van der Waals surface area (Å²) in [7, 11) is -3.21. The van der Waals surface area contributed by atoms with E-state index in [0.29, 0.717) is 11.4 Å². The van der Waals surface area contributed by atoms with Crippen molar-refractivity contribution in [3.05, 3.63) is 64.8 Å². The van der Waals surface area contributed by atoms with Crippen LogP contribution in [0.1, 0.15) is 29.2 Å². The maximum absolute atomic E-state index is 11.8. The minimum atomic E-state index is -3.21. The number of rotatable bonds is 7. The largest absolute Gasteiger partial charge is 0.361 e. The van der Waals surface area contributed by atoms with Crippen molar-refractivity contribution in [2.24, 2.45) is 4.99 Å². The van der Waals surface area contributed by atoms with E-state index in [1.807, 2.05) is 26.0 Å². The first-order chi connectivity index (χ1) is 14.3. The van der Waals surface area contributed by atoms with Crippen molar-refractivity contribution < 1.29 is 8.42 Å². The lowest BCUT2D eigenvalue weighted by Gasteiger charge is -2.12. The normalized spacial score (nSPS) is 12.3. The van der Waals surface area contributed by atoms with Crippen LogP contribution >= 0.6 is 0 Å².